The van der Waals surface area contributed by atoms with Crippen LogP contribution in [0.3, 0.4) is 0 Å². The molecule has 1 aliphatic rings. The van der Waals surface area contributed by atoms with E-state index in [4.69, 9.17) is 0 Å². The summed E-state index contributed by atoms with van der Waals surface area (Å²) < 4.78 is 0. The van der Waals surface area contributed by atoms with Crippen LogP contribution < -0.4 is 0 Å². The van der Waals surface area contributed by atoms with E-state index in [2.05, 4.69) is 12.5 Å². The number of allylic oxidation sites excluding steroid dienone is 1. The maximum Gasteiger partial charge on any atom is 0.184 e. The molecule has 0 aliphatic carbocycles. The largest absolute Gasteiger partial charge is 0.289 e. The van der Waals surface area contributed by atoms with Crippen LogP contribution in [0.15, 0.2) is 22.7 Å². The molecule has 8 heavy (non-hydrogen) atoms. The maximum atomic E-state index is 10.5. The Morgan fingerprint density at radius 1 is 1.50 bits per heavy atom. The lowest BCUT2D eigenvalue weighted by Crippen LogP contribution is -1.78. The molecule has 1 heterocycles. The fourth-order valence-corrected chi connectivity index (χ4v) is 1.86. The van der Waals surface area contributed by atoms with Crippen LogP contribution in [-0.2, 0) is 5.11 Å². The fraction of sp³-hybridized carbons (Fsp3) is 0.333. The van der Waals surface area contributed by atoms with E-state index in [9.17, 15) is 5.11 Å². The summed E-state index contributed by atoms with van der Waals surface area (Å²) in [6.07, 6.45) is 5.83. The van der Waals surface area contributed by atoms with E-state index in [1.54, 1.807) is 11.5 Å². The molecule has 0 saturated heterocycles. The van der Waals surface area contributed by atoms with Crippen molar-refractivity contribution in [2.24, 2.45) is 0 Å². The molecular weight excluding hydrogens is 120 g/mol. The minimum absolute atomic E-state index is 0.171. The predicted octanol–water partition coefficient (Wildman–Crippen LogP) is 1.85. The molecule has 0 aromatic rings. The Morgan fingerprint density at radius 3 is 2.25 bits per heavy atom. The van der Waals surface area contributed by atoms with Crippen LogP contribution in [0.1, 0.15) is 0 Å². The molecule has 0 saturated carbocycles. The Kier molecular flexibility index (Phi) is 1.12. The van der Waals surface area contributed by atoms with Gasteiger partial charge < -0.3 is 0 Å². The molecule has 0 N–H and O–H groups in total. The molecule has 1 aliphatic heterocycles. The topological polar surface area (TPSA) is 19.9 Å². The van der Waals surface area contributed by atoms with Crippen LogP contribution in [-0.4, -0.2) is 12.5 Å². The molecule has 2 heteroatoms. The zero-order chi connectivity index (χ0) is 6.20. The monoisotopic (exact) mass is 129 g/mol. The van der Waals surface area contributed by atoms with Crippen LogP contribution in [0.5, 0.6) is 0 Å². The normalized spacial score (nSPS) is 27.5. The summed E-state index contributed by atoms with van der Waals surface area (Å²) in [4.78, 5) is 0. The van der Waals surface area contributed by atoms with Gasteiger partial charge >= 0.3 is 0 Å². The van der Waals surface area contributed by atoms with Crippen molar-refractivity contribution in [3.05, 3.63) is 22.7 Å². The Morgan fingerprint density at radius 2 is 2.12 bits per heavy atom. The molecular formula is C6H9OS. The van der Waals surface area contributed by atoms with Crippen LogP contribution in [0, 0.1) is 0 Å². The quantitative estimate of drug-likeness (QED) is 0.475. The summed E-state index contributed by atoms with van der Waals surface area (Å²) in [7, 11) is -0.751. The van der Waals surface area contributed by atoms with E-state index < -0.39 is 10.0 Å². The van der Waals surface area contributed by atoms with Gasteiger partial charge in [-0.05, 0) is 24.0 Å². The Labute approximate surface area is 51.0 Å². The zero-order valence-corrected chi connectivity index (χ0v) is 5.87. The summed E-state index contributed by atoms with van der Waals surface area (Å²) in [5.74, 6) is 0.171. The first kappa shape index (κ1) is 5.76. The Bertz CT molecular complexity index is 156. The van der Waals surface area contributed by atoms with E-state index in [0.29, 0.717) is 0 Å². The highest BCUT2D eigenvalue weighted by Gasteiger charge is 2.10. The third kappa shape index (κ3) is 1.07. The van der Waals surface area contributed by atoms with Crippen molar-refractivity contribution in [1.29, 1.82) is 0 Å². The van der Waals surface area contributed by atoms with Crippen LogP contribution >= 0.6 is 10.0 Å². The lowest BCUT2D eigenvalue weighted by molar-refractivity contribution is 0.317. The number of hydrogen-bond acceptors (Lipinski definition) is 0. The van der Waals surface area contributed by atoms with Crippen LogP contribution in [0.4, 0.5) is 0 Å². The standard InChI is InChI=1S/C6H9OS/c1-8(2)4-3-6(7)5-8/h3-5H,1-2H3. The highest BCUT2D eigenvalue weighted by Crippen LogP contribution is 2.47. The van der Waals surface area contributed by atoms with Crippen LogP contribution in [0.2, 0.25) is 0 Å². The Balaban J connectivity index is 2.84. The molecule has 1 radical (unpaired) electrons. The van der Waals surface area contributed by atoms with Gasteiger partial charge in [0.1, 0.15) is 0 Å². The fourth-order valence-electron chi connectivity index (χ4n) is 0.620. The van der Waals surface area contributed by atoms with E-state index in [1.165, 1.54) is 0 Å². The second-order valence-electron chi connectivity index (χ2n) is 2.31. The highest BCUT2D eigenvalue weighted by molar-refractivity contribution is 8.37. The number of rotatable bonds is 0. The van der Waals surface area contributed by atoms with Crippen molar-refractivity contribution in [1.82, 2.24) is 0 Å². The molecule has 1 rings (SSSR count). The van der Waals surface area contributed by atoms with Gasteiger partial charge in [0, 0.05) is 5.41 Å². The summed E-state index contributed by atoms with van der Waals surface area (Å²) in [6.45, 7) is 0. The SMILES string of the molecule is CS1(C)C=CC([O])=C1. The minimum atomic E-state index is -0.751. The first-order chi connectivity index (χ1) is 3.60. The van der Waals surface area contributed by atoms with Gasteiger partial charge in [0.25, 0.3) is 0 Å². The van der Waals surface area contributed by atoms with Gasteiger partial charge in [-0.2, -0.15) is 0 Å². The summed E-state index contributed by atoms with van der Waals surface area (Å²) in [5.41, 5.74) is 0. The highest BCUT2D eigenvalue weighted by atomic mass is 32.3. The predicted molar refractivity (Wildman–Crippen MR) is 37.3 cm³/mol. The van der Waals surface area contributed by atoms with E-state index in [1.807, 2.05) is 5.41 Å². The Hall–Kier alpha value is -0.370. The molecule has 0 atom stereocenters. The molecule has 0 aromatic carbocycles. The summed E-state index contributed by atoms with van der Waals surface area (Å²) in [5, 5.41) is 14.3. The van der Waals surface area contributed by atoms with Gasteiger partial charge in [-0.1, -0.05) is 0 Å². The minimum Gasteiger partial charge on any atom is -0.289 e. The van der Waals surface area contributed by atoms with Crippen molar-refractivity contribution in [3.63, 3.8) is 0 Å². The molecule has 0 unspecified atom stereocenters. The molecule has 0 spiro atoms. The molecule has 0 amide bonds. The second kappa shape index (κ2) is 1.55. The molecule has 0 aromatic heterocycles. The van der Waals surface area contributed by atoms with Gasteiger partial charge in [0.05, 0.1) is 0 Å². The second-order valence-corrected chi connectivity index (χ2v) is 5.79. The average molecular weight is 129 g/mol. The zero-order valence-electron chi connectivity index (χ0n) is 5.05. The first-order valence-electron chi connectivity index (χ1n) is 2.40. The van der Waals surface area contributed by atoms with Gasteiger partial charge in [-0.15, -0.1) is 0 Å². The lowest BCUT2D eigenvalue weighted by Gasteiger charge is -2.16. The van der Waals surface area contributed by atoms with Crippen molar-refractivity contribution in [2.45, 2.75) is 0 Å². The van der Waals surface area contributed by atoms with Gasteiger partial charge in [-0.3, -0.25) is 5.11 Å². The maximum absolute atomic E-state index is 10.5. The van der Waals surface area contributed by atoms with Crippen LogP contribution in [0.25, 0.3) is 0 Å². The van der Waals surface area contributed by atoms with E-state index >= 15 is 0 Å². The van der Waals surface area contributed by atoms with Gasteiger partial charge in [0.15, 0.2) is 5.76 Å². The lowest BCUT2D eigenvalue weighted by atomic mass is 10.6. The number of hydrogen-bond donors (Lipinski definition) is 0. The molecule has 45 valence electrons. The average Bonchev–Trinajstić information content (AvgIpc) is 1.82. The van der Waals surface area contributed by atoms with Crippen molar-refractivity contribution >= 4 is 10.0 Å². The third-order valence-corrected chi connectivity index (χ3v) is 2.68. The van der Waals surface area contributed by atoms with E-state index in [0.717, 1.165) is 0 Å². The third-order valence-electron chi connectivity index (χ3n) is 1.00. The molecule has 1 nitrogen and oxygen atoms in total. The van der Waals surface area contributed by atoms with Crippen molar-refractivity contribution < 1.29 is 5.11 Å². The molecule has 0 bridgehead atoms. The van der Waals surface area contributed by atoms with Gasteiger partial charge in [0.2, 0.25) is 0 Å². The summed E-state index contributed by atoms with van der Waals surface area (Å²) >= 11 is 0. The van der Waals surface area contributed by atoms with Crippen molar-refractivity contribution in [3.8, 4) is 0 Å². The van der Waals surface area contributed by atoms with E-state index in [-0.39, 0.29) is 5.76 Å². The smallest absolute Gasteiger partial charge is 0.184 e. The van der Waals surface area contributed by atoms with Gasteiger partial charge in [-0.25, -0.2) is 10.0 Å². The van der Waals surface area contributed by atoms with Crippen molar-refractivity contribution in [2.75, 3.05) is 12.5 Å². The summed E-state index contributed by atoms with van der Waals surface area (Å²) in [6, 6.07) is 0. The first-order valence-corrected chi connectivity index (χ1v) is 4.98. The molecule has 0 fully saturated rings.